The van der Waals surface area contributed by atoms with Crippen LogP contribution in [0.4, 0.5) is 0 Å². The maximum Gasteiger partial charge on any atom is 0.171 e. The third-order valence-electron chi connectivity index (χ3n) is 1.54. The average Bonchev–Trinajstić information content (AvgIpc) is 2.44. The van der Waals surface area contributed by atoms with E-state index in [-0.39, 0.29) is 0 Å². The van der Waals surface area contributed by atoms with E-state index in [1.807, 2.05) is 0 Å². The second-order valence-corrected chi connectivity index (χ2v) is 3.26. The van der Waals surface area contributed by atoms with Gasteiger partial charge < -0.3 is 9.72 Å². The predicted octanol–water partition coefficient (Wildman–Crippen LogP) is 1.57. The maximum absolute atomic E-state index is 5.11. The smallest absolute Gasteiger partial charge is 0.171 e. The van der Waals surface area contributed by atoms with Crippen LogP contribution in [-0.2, 0) is 0 Å². The molecule has 0 aromatic carbocycles. The van der Waals surface area contributed by atoms with Gasteiger partial charge in [-0.1, -0.05) is 0 Å². The van der Waals surface area contributed by atoms with Gasteiger partial charge in [0.1, 0.15) is 5.75 Å². The summed E-state index contributed by atoms with van der Waals surface area (Å²) in [6.45, 7) is 0. The van der Waals surface area contributed by atoms with E-state index in [2.05, 4.69) is 37.5 Å². The Hall–Kier alpha value is -0.850. The summed E-state index contributed by atoms with van der Waals surface area (Å²) in [5.41, 5.74) is 1.54. The summed E-state index contributed by atoms with van der Waals surface area (Å²) in [5.74, 6) is 0.749. The zero-order valence-corrected chi connectivity index (χ0v) is 8.49. The molecule has 0 bridgehead atoms. The number of hydrogen-bond donors (Lipinski definition) is 1. The van der Waals surface area contributed by atoms with Gasteiger partial charge in [-0.15, -0.1) is 0 Å². The lowest BCUT2D eigenvalue weighted by molar-refractivity contribution is 0.418. The SMILES string of the molecule is COc1ccnc2[nH]c(I)nc12. The Balaban J connectivity index is 2.78. The monoisotopic (exact) mass is 275 g/mol. The van der Waals surface area contributed by atoms with E-state index in [1.165, 1.54) is 0 Å². The number of rotatable bonds is 1. The molecule has 0 aliphatic carbocycles. The molecule has 0 spiro atoms. The minimum atomic E-state index is 0.749. The molecule has 0 saturated carbocycles. The number of halogens is 1. The second-order valence-electron chi connectivity index (χ2n) is 2.24. The molecular formula is C7H6IN3O. The van der Waals surface area contributed by atoms with E-state index in [9.17, 15) is 0 Å². The van der Waals surface area contributed by atoms with E-state index < -0.39 is 0 Å². The zero-order chi connectivity index (χ0) is 8.55. The summed E-state index contributed by atoms with van der Waals surface area (Å²) in [5, 5.41) is 0. The highest BCUT2D eigenvalue weighted by Gasteiger charge is 2.05. The number of methoxy groups -OCH3 is 1. The van der Waals surface area contributed by atoms with E-state index >= 15 is 0 Å². The third-order valence-corrected chi connectivity index (χ3v) is 2.05. The molecule has 4 nitrogen and oxygen atoms in total. The first kappa shape index (κ1) is 7.78. The number of hydrogen-bond acceptors (Lipinski definition) is 3. The summed E-state index contributed by atoms with van der Waals surface area (Å²) < 4.78 is 5.93. The van der Waals surface area contributed by atoms with Crippen LogP contribution in [0.2, 0.25) is 0 Å². The predicted molar refractivity (Wildman–Crippen MR) is 53.2 cm³/mol. The Morgan fingerprint density at radius 1 is 1.58 bits per heavy atom. The van der Waals surface area contributed by atoms with Gasteiger partial charge in [-0.25, -0.2) is 9.97 Å². The number of nitrogens with one attached hydrogen (secondary N) is 1. The first-order valence-electron chi connectivity index (χ1n) is 3.35. The Morgan fingerprint density at radius 3 is 3.17 bits per heavy atom. The minimum Gasteiger partial charge on any atom is -0.494 e. The summed E-state index contributed by atoms with van der Waals surface area (Å²) in [6, 6.07) is 1.79. The van der Waals surface area contributed by atoms with Crippen LogP contribution in [0.1, 0.15) is 0 Å². The van der Waals surface area contributed by atoms with Crippen molar-refractivity contribution in [2.45, 2.75) is 0 Å². The summed E-state index contributed by atoms with van der Waals surface area (Å²) in [6.07, 6.45) is 1.69. The van der Waals surface area contributed by atoms with Crippen molar-refractivity contribution in [2.75, 3.05) is 7.11 Å². The molecular weight excluding hydrogens is 269 g/mol. The fourth-order valence-corrected chi connectivity index (χ4v) is 1.52. The molecule has 0 aliphatic heterocycles. The van der Waals surface area contributed by atoms with Gasteiger partial charge in [0.25, 0.3) is 0 Å². The van der Waals surface area contributed by atoms with Crippen molar-refractivity contribution >= 4 is 33.8 Å². The topological polar surface area (TPSA) is 50.8 Å². The van der Waals surface area contributed by atoms with Crippen molar-refractivity contribution in [2.24, 2.45) is 0 Å². The number of imidazole rings is 1. The number of nitrogens with zero attached hydrogens (tertiary/aromatic N) is 2. The normalized spacial score (nSPS) is 10.5. The van der Waals surface area contributed by atoms with Crippen LogP contribution < -0.4 is 4.74 Å². The van der Waals surface area contributed by atoms with Crippen LogP contribution in [0.25, 0.3) is 11.2 Å². The van der Waals surface area contributed by atoms with Crippen molar-refractivity contribution < 1.29 is 4.74 Å². The number of ether oxygens (including phenoxy) is 1. The molecule has 2 heterocycles. The number of aromatic nitrogens is 3. The van der Waals surface area contributed by atoms with Gasteiger partial charge in [0.2, 0.25) is 0 Å². The van der Waals surface area contributed by atoms with Gasteiger partial charge in [0.05, 0.1) is 7.11 Å². The Bertz CT molecular complexity index is 412. The summed E-state index contributed by atoms with van der Waals surface area (Å²) >= 11 is 2.10. The highest BCUT2D eigenvalue weighted by atomic mass is 127. The number of fused-ring (bicyclic) bond motifs is 1. The fraction of sp³-hybridized carbons (Fsp3) is 0.143. The van der Waals surface area contributed by atoms with Crippen molar-refractivity contribution in [3.05, 3.63) is 16.1 Å². The molecule has 1 N–H and O–H groups in total. The quantitative estimate of drug-likeness (QED) is 0.804. The van der Waals surface area contributed by atoms with Crippen molar-refractivity contribution in [3.63, 3.8) is 0 Å². The molecule has 0 unspecified atom stereocenters. The Morgan fingerprint density at radius 2 is 2.42 bits per heavy atom. The fourth-order valence-electron chi connectivity index (χ4n) is 1.02. The molecule has 2 rings (SSSR count). The Kier molecular flexibility index (Phi) is 1.87. The largest absolute Gasteiger partial charge is 0.494 e. The van der Waals surface area contributed by atoms with Crippen LogP contribution in [0.3, 0.4) is 0 Å². The van der Waals surface area contributed by atoms with Gasteiger partial charge in [-0.05, 0) is 22.6 Å². The van der Waals surface area contributed by atoms with Gasteiger partial charge in [-0.3, -0.25) is 0 Å². The first-order chi connectivity index (χ1) is 5.81. The van der Waals surface area contributed by atoms with E-state index in [1.54, 1.807) is 19.4 Å². The number of pyridine rings is 1. The zero-order valence-electron chi connectivity index (χ0n) is 6.34. The summed E-state index contributed by atoms with van der Waals surface area (Å²) in [4.78, 5) is 11.4. The molecule has 0 saturated heterocycles. The van der Waals surface area contributed by atoms with Gasteiger partial charge in [-0.2, -0.15) is 0 Å². The standard InChI is InChI=1S/C7H6IN3O/c1-12-4-2-3-9-6-5(4)10-7(8)11-6/h2-3H,1H3,(H,9,10,11). The maximum atomic E-state index is 5.11. The van der Waals surface area contributed by atoms with E-state index in [4.69, 9.17) is 4.74 Å². The second kappa shape index (κ2) is 2.89. The lowest BCUT2D eigenvalue weighted by atomic mass is 10.4. The summed E-state index contributed by atoms with van der Waals surface area (Å²) in [7, 11) is 1.62. The lowest BCUT2D eigenvalue weighted by Gasteiger charge is -1.97. The van der Waals surface area contributed by atoms with Gasteiger partial charge in [0, 0.05) is 12.3 Å². The molecule has 5 heteroatoms. The van der Waals surface area contributed by atoms with Crippen LogP contribution in [0.5, 0.6) is 5.75 Å². The van der Waals surface area contributed by atoms with Crippen LogP contribution in [0, 0.1) is 3.83 Å². The van der Waals surface area contributed by atoms with Crippen molar-refractivity contribution in [3.8, 4) is 5.75 Å². The Labute approximate surface area is 82.5 Å². The highest BCUT2D eigenvalue weighted by molar-refractivity contribution is 14.1. The van der Waals surface area contributed by atoms with Crippen LogP contribution in [-0.4, -0.2) is 22.1 Å². The first-order valence-corrected chi connectivity index (χ1v) is 4.43. The molecule has 0 atom stereocenters. The lowest BCUT2D eigenvalue weighted by Crippen LogP contribution is -1.85. The van der Waals surface area contributed by atoms with E-state index in [0.29, 0.717) is 0 Å². The third kappa shape index (κ3) is 1.13. The van der Waals surface area contributed by atoms with E-state index in [0.717, 1.165) is 20.7 Å². The minimum absolute atomic E-state index is 0.749. The highest BCUT2D eigenvalue weighted by Crippen LogP contribution is 2.21. The van der Waals surface area contributed by atoms with Gasteiger partial charge in [0.15, 0.2) is 15.0 Å². The van der Waals surface area contributed by atoms with Crippen molar-refractivity contribution in [1.82, 2.24) is 15.0 Å². The van der Waals surface area contributed by atoms with Crippen molar-refractivity contribution in [1.29, 1.82) is 0 Å². The molecule has 0 aliphatic rings. The molecule has 62 valence electrons. The van der Waals surface area contributed by atoms with Crippen LogP contribution in [0.15, 0.2) is 12.3 Å². The molecule has 0 amide bonds. The number of H-pyrrole nitrogens is 1. The molecule has 2 aromatic heterocycles. The molecule has 2 aromatic rings. The average molecular weight is 275 g/mol. The van der Waals surface area contributed by atoms with Gasteiger partial charge >= 0.3 is 0 Å². The molecule has 12 heavy (non-hydrogen) atoms. The number of aromatic amines is 1. The molecule has 0 radical (unpaired) electrons. The molecule has 0 fully saturated rings. The van der Waals surface area contributed by atoms with Crippen LogP contribution >= 0.6 is 22.6 Å².